The molecule has 0 aliphatic rings. The largest absolute Gasteiger partial charge is 0.456 e. The van der Waals surface area contributed by atoms with Gasteiger partial charge < -0.3 is 13.6 Å². The summed E-state index contributed by atoms with van der Waals surface area (Å²) in [6.45, 7) is 0. The van der Waals surface area contributed by atoms with Gasteiger partial charge in [0.2, 0.25) is 0 Å². The molecule has 0 spiro atoms. The first-order valence-electron chi connectivity index (χ1n) is 39.9. The van der Waals surface area contributed by atoms with Crippen LogP contribution in [0, 0.1) is 0 Å². The number of thiophene rings is 1. The molecule has 0 atom stereocenters. The summed E-state index contributed by atoms with van der Waals surface area (Å²) >= 11 is 1.82. The fraction of sp³-hybridized carbons (Fsp3) is 0. The Morgan fingerprint density at radius 1 is 0.212 bits per heavy atom. The summed E-state index contributed by atoms with van der Waals surface area (Å²) in [5, 5.41) is 6.65. The molecule has 6 aromatic heterocycles. The van der Waals surface area contributed by atoms with Crippen LogP contribution in [0.3, 0.4) is 0 Å². The molecule has 0 radical (unpaired) electrons. The lowest BCUT2D eigenvalue weighted by Gasteiger charge is -2.14. The molecule has 0 unspecified atom stereocenters. The lowest BCUT2D eigenvalue weighted by Crippen LogP contribution is -2.00. The van der Waals surface area contributed by atoms with Crippen molar-refractivity contribution in [2.75, 3.05) is 0 Å². The number of fused-ring (bicyclic) bond motifs is 12. The van der Waals surface area contributed by atoms with Crippen molar-refractivity contribution in [1.29, 1.82) is 0 Å². The van der Waals surface area contributed by atoms with E-state index in [1.807, 2.05) is 35.6 Å². The molecule has 0 fully saturated rings. The summed E-state index contributed by atoms with van der Waals surface area (Å²) in [6.07, 6.45) is 0. The lowest BCUT2D eigenvalue weighted by atomic mass is 9.92. The maximum absolute atomic E-state index is 6.32. The van der Waals surface area contributed by atoms with Crippen molar-refractivity contribution in [3.05, 3.63) is 425 Å². The van der Waals surface area contributed by atoms with Gasteiger partial charge in [-0.2, -0.15) is 0 Å². The van der Waals surface area contributed by atoms with E-state index in [1.165, 1.54) is 70.2 Å². The van der Waals surface area contributed by atoms with Gasteiger partial charge >= 0.3 is 0 Å². The van der Waals surface area contributed by atoms with Crippen LogP contribution < -0.4 is 0 Å². The number of aromatic nitrogens is 6. The normalized spacial score (nSPS) is 11.6. The van der Waals surface area contributed by atoms with E-state index in [-0.39, 0.29) is 0 Å². The number of hydrogen-bond acceptors (Lipinski definition) is 6. The standard InChI is InChI=1S/C58H37N3S.C52H33N3O/c1-4-17-38(18-5-1)44-35-45(39-19-6-2-7-20-39)37-46(36-44)42-23-14-21-40(33-42)41-22-15-24-43(34-41)55-57-56(48-27-10-12-30-51(48)61(57)47-25-8-3-9-26-47)60-58(59-55)50-29-16-32-53-54(50)49-28-11-13-31-52(49)62-53;1-3-14-34(15-4-1)35-28-30-36(31-29-35)37-16-11-17-38(32-37)39-18-12-19-40(33-39)49-51-50(42-22-7-9-25-45(42)55(51)41-20-5-2-6-21-41)54-52(53-49)44-24-13-27-47-48(44)43-23-8-10-26-46(43)56-47/h1-37H;1-33H. The van der Waals surface area contributed by atoms with Crippen LogP contribution >= 0.6 is 11.3 Å². The Labute approximate surface area is 685 Å². The third-order valence-electron chi connectivity index (χ3n) is 22.8. The zero-order valence-corrected chi connectivity index (χ0v) is 64.7. The smallest absolute Gasteiger partial charge is 0.161 e. The van der Waals surface area contributed by atoms with Gasteiger partial charge in [0.1, 0.15) is 22.2 Å². The Kier molecular flexibility index (Phi) is 17.3. The number of rotatable bonds is 13. The van der Waals surface area contributed by atoms with Crippen LogP contribution in [0.15, 0.2) is 429 Å². The molecule has 17 aromatic carbocycles. The van der Waals surface area contributed by atoms with Crippen molar-refractivity contribution < 1.29 is 4.42 Å². The van der Waals surface area contributed by atoms with Gasteiger partial charge in [0.05, 0.1) is 33.5 Å². The first-order chi connectivity index (χ1) is 58.5. The highest BCUT2D eigenvalue weighted by molar-refractivity contribution is 7.26. The lowest BCUT2D eigenvalue weighted by molar-refractivity contribution is 0.669. The number of benzene rings is 17. The van der Waals surface area contributed by atoms with Gasteiger partial charge in [-0.1, -0.05) is 322 Å². The number of furan rings is 1. The van der Waals surface area contributed by atoms with E-state index in [0.717, 1.165) is 144 Å². The van der Waals surface area contributed by atoms with Gasteiger partial charge in [-0.05, 0) is 181 Å². The molecule has 6 heterocycles. The molecule has 0 saturated carbocycles. The Bertz CT molecular complexity index is 7730. The van der Waals surface area contributed by atoms with Crippen molar-refractivity contribution in [3.8, 4) is 135 Å². The van der Waals surface area contributed by atoms with Gasteiger partial charge in [-0.3, -0.25) is 0 Å². The average molecular weight is 1520 g/mol. The number of para-hydroxylation sites is 5. The van der Waals surface area contributed by atoms with Gasteiger partial charge in [-0.25, -0.2) is 19.9 Å². The molecule has 118 heavy (non-hydrogen) atoms. The quantitative estimate of drug-likeness (QED) is 0.115. The highest BCUT2D eigenvalue weighted by Crippen LogP contribution is 2.47. The molecule has 0 N–H and O–H groups in total. The van der Waals surface area contributed by atoms with Gasteiger partial charge in [0.15, 0.2) is 11.6 Å². The second kappa shape index (κ2) is 29.5. The van der Waals surface area contributed by atoms with Crippen LogP contribution in [0.1, 0.15) is 0 Å². The first kappa shape index (κ1) is 69.3. The average Bonchev–Trinajstić information content (AvgIpc) is 1.56. The molecule has 7 nitrogen and oxygen atoms in total. The van der Waals surface area contributed by atoms with Crippen LogP contribution in [-0.4, -0.2) is 29.1 Å². The van der Waals surface area contributed by atoms with Crippen molar-refractivity contribution in [2.45, 2.75) is 0 Å². The molecule has 0 saturated heterocycles. The zero-order chi connectivity index (χ0) is 78.0. The van der Waals surface area contributed by atoms with E-state index in [2.05, 4.69) is 410 Å². The summed E-state index contributed by atoms with van der Waals surface area (Å²) in [6, 6.07) is 151. The summed E-state index contributed by atoms with van der Waals surface area (Å²) < 4.78 is 13.5. The second-order valence-electron chi connectivity index (χ2n) is 29.9. The molecule has 0 aliphatic carbocycles. The minimum atomic E-state index is 0.659. The van der Waals surface area contributed by atoms with E-state index in [9.17, 15) is 0 Å². The Hall–Kier alpha value is -15.5. The first-order valence-corrected chi connectivity index (χ1v) is 40.7. The summed E-state index contributed by atoms with van der Waals surface area (Å²) in [4.78, 5) is 22.0. The summed E-state index contributed by atoms with van der Waals surface area (Å²) in [5.41, 5.74) is 31.9. The van der Waals surface area contributed by atoms with E-state index >= 15 is 0 Å². The molecule has 552 valence electrons. The van der Waals surface area contributed by atoms with Crippen LogP contribution in [0.2, 0.25) is 0 Å². The minimum Gasteiger partial charge on any atom is -0.456 e. The predicted octanol–water partition coefficient (Wildman–Crippen LogP) is 29.8. The van der Waals surface area contributed by atoms with Crippen LogP contribution in [-0.2, 0) is 0 Å². The van der Waals surface area contributed by atoms with E-state index in [1.54, 1.807) is 0 Å². The van der Waals surface area contributed by atoms with Crippen molar-refractivity contribution >= 4 is 97.3 Å². The third kappa shape index (κ3) is 12.5. The van der Waals surface area contributed by atoms with Crippen molar-refractivity contribution in [3.63, 3.8) is 0 Å². The van der Waals surface area contributed by atoms with Gasteiger partial charge in [0, 0.05) is 75.3 Å². The third-order valence-corrected chi connectivity index (χ3v) is 23.9. The van der Waals surface area contributed by atoms with Crippen LogP contribution in [0.5, 0.6) is 0 Å². The topological polar surface area (TPSA) is 74.6 Å². The SMILES string of the molecule is c1ccc(-c2cc(-c3ccccc3)cc(-c3cccc(-c4cccc(-c5nc(-c6cccc7sc8ccccc8c67)nc6c7ccccc7n(-c7ccccc7)c56)c4)c3)c2)cc1.c1ccc(-c2ccc(-c3cccc(-c4cccc(-c5nc(-c6cccc7oc8ccccc8c67)nc6c7ccccc7n(-c7ccccc7)c56)c4)c3)cc2)cc1. The van der Waals surface area contributed by atoms with E-state index < -0.39 is 0 Å². The minimum absolute atomic E-state index is 0.659. The van der Waals surface area contributed by atoms with E-state index in [4.69, 9.17) is 24.4 Å². The highest BCUT2D eigenvalue weighted by Gasteiger charge is 2.26. The van der Waals surface area contributed by atoms with Crippen molar-refractivity contribution in [1.82, 2.24) is 29.1 Å². The van der Waals surface area contributed by atoms with Crippen LogP contribution in [0.4, 0.5) is 0 Å². The maximum Gasteiger partial charge on any atom is 0.161 e. The fourth-order valence-electron chi connectivity index (χ4n) is 17.3. The van der Waals surface area contributed by atoms with Gasteiger partial charge in [-0.15, -0.1) is 11.3 Å². The Balaban J connectivity index is 0.000000143. The van der Waals surface area contributed by atoms with Gasteiger partial charge in [0.25, 0.3) is 0 Å². The Morgan fingerprint density at radius 2 is 0.525 bits per heavy atom. The highest BCUT2D eigenvalue weighted by atomic mass is 32.1. The summed E-state index contributed by atoms with van der Waals surface area (Å²) in [7, 11) is 0. The molecular weight excluding hydrogens is 1450 g/mol. The molecule has 0 amide bonds. The molecule has 0 aliphatic heterocycles. The Morgan fingerprint density at radius 3 is 1.03 bits per heavy atom. The molecule has 8 heteroatoms. The summed E-state index contributed by atoms with van der Waals surface area (Å²) in [5.74, 6) is 1.38. The maximum atomic E-state index is 6.32. The zero-order valence-electron chi connectivity index (χ0n) is 63.9. The fourth-order valence-corrected chi connectivity index (χ4v) is 18.4. The molecular formula is C110H70N6OS. The van der Waals surface area contributed by atoms with E-state index in [0.29, 0.717) is 5.82 Å². The van der Waals surface area contributed by atoms with Crippen LogP contribution in [0.25, 0.3) is 221 Å². The molecule has 0 bridgehead atoms. The number of nitrogens with zero attached hydrogens (tertiary/aromatic N) is 6. The second-order valence-corrected chi connectivity index (χ2v) is 31.0. The molecule has 23 rings (SSSR count). The monoisotopic (exact) mass is 1520 g/mol. The number of hydrogen-bond donors (Lipinski definition) is 0. The van der Waals surface area contributed by atoms with Crippen molar-refractivity contribution in [2.24, 2.45) is 0 Å². The predicted molar refractivity (Wildman–Crippen MR) is 493 cm³/mol. The molecule has 23 aromatic rings.